The minimum Gasteiger partial charge on any atom is -0.400 e. The second kappa shape index (κ2) is 16.5. The molecule has 37 heavy (non-hydrogen) atoms. The Morgan fingerprint density at radius 3 is 2.00 bits per heavy atom. The smallest absolute Gasteiger partial charge is 0.397 e. The molecular weight excluding hydrogens is 502 g/mol. The third kappa shape index (κ3) is 22.6. The zero-order valence-corrected chi connectivity index (χ0v) is 23.9. The second-order valence-corrected chi connectivity index (χ2v) is 11.8. The van der Waals surface area contributed by atoms with Crippen LogP contribution in [0.5, 0.6) is 0 Å². The van der Waals surface area contributed by atoms with Gasteiger partial charge in [0.25, 0.3) is 0 Å². The quantitative estimate of drug-likeness (QED) is 0.0361. The summed E-state index contributed by atoms with van der Waals surface area (Å²) >= 11 is 0. The fourth-order valence-corrected chi connectivity index (χ4v) is 2.98. The van der Waals surface area contributed by atoms with E-state index in [-0.39, 0.29) is 24.4 Å². The first-order chi connectivity index (χ1) is 16.9. The van der Waals surface area contributed by atoms with Gasteiger partial charge in [-0.15, -0.1) is 0 Å². The summed E-state index contributed by atoms with van der Waals surface area (Å²) in [6.07, 6.45) is 6.09. The zero-order chi connectivity index (χ0) is 28.7. The van der Waals surface area contributed by atoms with Gasteiger partial charge in [-0.1, -0.05) is 0 Å². The van der Waals surface area contributed by atoms with E-state index in [2.05, 4.69) is 20.2 Å². The maximum absolute atomic E-state index is 10.5. The zero-order valence-electron chi connectivity index (χ0n) is 23.1. The van der Waals surface area contributed by atoms with Crippen molar-refractivity contribution in [1.82, 2.24) is 26.0 Å². The molecule has 0 fully saturated rings. The van der Waals surface area contributed by atoms with Crippen LogP contribution in [0.3, 0.4) is 0 Å². The highest BCUT2D eigenvalue weighted by molar-refractivity contribution is 7.80. The van der Waals surface area contributed by atoms with Gasteiger partial charge in [-0.3, -0.25) is 20.3 Å². The van der Waals surface area contributed by atoms with Gasteiger partial charge < -0.3 is 32.3 Å². The van der Waals surface area contributed by atoms with Crippen molar-refractivity contribution in [3.8, 4) is 0 Å². The topological polar surface area (TPSA) is 219 Å². The first-order valence-electron chi connectivity index (χ1n) is 11.9. The normalized spacial score (nSPS) is 14.2. The van der Waals surface area contributed by atoms with E-state index in [1.165, 1.54) is 5.01 Å². The molecule has 0 aliphatic rings. The lowest BCUT2D eigenvalue weighted by molar-refractivity contribution is 0.0496. The summed E-state index contributed by atoms with van der Waals surface area (Å²) in [5.74, 6) is 11.7. The summed E-state index contributed by atoms with van der Waals surface area (Å²) in [4.78, 5) is 2.00. The lowest BCUT2D eigenvalue weighted by Gasteiger charge is -2.27. The maximum atomic E-state index is 10.5. The monoisotopic (exact) mass is 551 g/mol. The summed E-state index contributed by atoms with van der Waals surface area (Å²) in [5.41, 5.74) is 16.8. The lowest BCUT2D eigenvalue weighted by Crippen LogP contribution is -2.41. The summed E-state index contributed by atoms with van der Waals surface area (Å²) in [6, 6.07) is 0. The highest BCUT2D eigenvalue weighted by Crippen LogP contribution is 2.05. The summed E-state index contributed by atoms with van der Waals surface area (Å²) < 4.78 is 39.2. The summed E-state index contributed by atoms with van der Waals surface area (Å²) in [5, 5.41) is 7.84. The van der Waals surface area contributed by atoms with Crippen LogP contribution in [0.1, 0.15) is 54.4 Å². The van der Waals surface area contributed by atoms with Gasteiger partial charge in [-0.05, 0) is 54.4 Å². The molecule has 0 saturated heterocycles. The van der Waals surface area contributed by atoms with Crippen LogP contribution in [0.25, 0.3) is 0 Å². The van der Waals surface area contributed by atoms with Crippen molar-refractivity contribution in [2.75, 3.05) is 39.6 Å². The molecule has 0 aromatic rings. The van der Waals surface area contributed by atoms with Crippen LogP contribution in [0.15, 0.2) is 35.7 Å². The molecule has 0 aromatic heterocycles. The highest BCUT2D eigenvalue weighted by Gasteiger charge is 2.14. The average molecular weight is 552 g/mol. The Hall–Kier alpha value is -2.27. The molecule has 0 aliphatic carbocycles. The van der Waals surface area contributed by atoms with Crippen LogP contribution < -0.4 is 39.2 Å². The number of hydrogen-bond acceptors (Lipinski definition) is 13. The first-order valence-corrected chi connectivity index (χ1v) is 13.3. The fourth-order valence-electron chi connectivity index (χ4n) is 2.65. The van der Waals surface area contributed by atoms with Crippen LogP contribution >= 0.6 is 0 Å². The number of hydrazine groups is 2. The minimum absolute atomic E-state index is 0.0718. The van der Waals surface area contributed by atoms with E-state index in [1.807, 2.05) is 52.6 Å². The van der Waals surface area contributed by atoms with E-state index in [0.717, 1.165) is 5.70 Å². The second-order valence-electron chi connectivity index (χ2n) is 10.7. The number of rotatable bonds is 18. The van der Waals surface area contributed by atoms with E-state index < -0.39 is 10.4 Å². The van der Waals surface area contributed by atoms with Crippen LogP contribution in [0.4, 0.5) is 0 Å². The molecule has 218 valence electrons. The number of hydrogen-bond donors (Lipinski definition) is 8. The van der Waals surface area contributed by atoms with Crippen molar-refractivity contribution in [1.29, 1.82) is 0 Å². The Labute approximate surface area is 222 Å². The molecule has 14 nitrogen and oxygen atoms in total. The van der Waals surface area contributed by atoms with Gasteiger partial charge in [0.1, 0.15) is 6.73 Å². The number of nitrogens with one attached hydrogen (secondary N) is 3. The molecule has 12 N–H and O–H groups in total. The lowest BCUT2D eigenvalue weighted by atomic mass is 10.1. The number of nitrogens with two attached hydrogens (primary N) is 4. The Morgan fingerprint density at radius 2 is 1.46 bits per heavy atom. The van der Waals surface area contributed by atoms with Crippen LogP contribution in [0, 0.1) is 0 Å². The standard InChI is InChI=1S/C22H49N9O5S/c1-21(2,3)27-11-18(23)13-30(16-20(29-25)12-28-22(4,5)6)14-19(24)15-31(26)17-35-9-7-8-10-36-37(32,33)34/h11-12,15,27-29H,7-10,13-14,16-17,23-26H2,1-6H3,(H,32,33,34)/b18-11-,19-15-,20-12-. The van der Waals surface area contributed by atoms with Crippen molar-refractivity contribution in [2.45, 2.75) is 65.5 Å². The Kier molecular flexibility index (Phi) is 15.5. The highest BCUT2D eigenvalue weighted by atomic mass is 32.3. The minimum atomic E-state index is -4.42. The van der Waals surface area contributed by atoms with Crippen LogP contribution in [-0.4, -0.2) is 73.5 Å². The third-order valence-corrected chi connectivity index (χ3v) is 4.71. The first kappa shape index (κ1) is 34.7. The van der Waals surface area contributed by atoms with E-state index in [9.17, 15) is 8.42 Å². The SMILES string of the molecule is CC(C)(C)N/C=C(\N)CN(C/C(N)=C/N(N)COCCCCOS(=O)(=O)O)C/C(=C/NC(C)(C)C)NN. The van der Waals surface area contributed by atoms with Gasteiger partial charge in [-0.2, -0.15) is 8.42 Å². The molecule has 0 aromatic carbocycles. The molecule has 0 radical (unpaired) electrons. The van der Waals surface area contributed by atoms with Gasteiger partial charge in [0.05, 0.1) is 12.3 Å². The predicted octanol–water partition coefficient (Wildman–Crippen LogP) is -0.281. The summed E-state index contributed by atoms with van der Waals surface area (Å²) in [6.45, 7) is 13.7. The molecule has 0 rings (SSSR count). The fraction of sp³-hybridized carbons (Fsp3) is 0.727. The van der Waals surface area contributed by atoms with Crippen molar-refractivity contribution in [3.63, 3.8) is 0 Å². The Bertz CT molecular complexity index is 850. The molecule has 0 saturated carbocycles. The van der Waals surface area contributed by atoms with Gasteiger partial charge in [-0.25, -0.2) is 10.0 Å². The van der Waals surface area contributed by atoms with Crippen molar-refractivity contribution in [3.05, 3.63) is 35.7 Å². The van der Waals surface area contributed by atoms with Gasteiger partial charge >= 0.3 is 10.4 Å². The van der Waals surface area contributed by atoms with Crippen molar-refractivity contribution >= 4 is 10.4 Å². The third-order valence-electron chi connectivity index (χ3n) is 4.25. The number of ether oxygens (including phenoxy) is 1. The number of nitrogens with zero attached hydrogens (tertiary/aromatic N) is 2. The van der Waals surface area contributed by atoms with Crippen LogP contribution in [-0.2, 0) is 19.3 Å². The van der Waals surface area contributed by atoms with E-state index in [1.54, 1.807) is 12.4 Å². The molecule has 0 unspecified atom stereocenters. The Morgan fingerprint density at radius 1 is 0.919 bits per heavy atom. The molecule has 0 bridgehead atoms. The van der Waals surface area contributed by atoms with E-state index >= 15 is 0 Å². The maximum Gasteiger partial charge on any atom is 0.397 e. The van der Waals surface area contributed by atoms with Gasteiger partial charge in [0.15, 0.2) is 0 Å². The van der Waals surface area contributed by atoms with Crippen molar-refractivity contribution in [2.24, 2.45) is 23.2 Å². The van der Waals surface area contributed by atoms with Crippen LogP contribution in [0.2, 0.25) is 0 Å². The van der Waals surface area contributed by atoms with E-state index in [4.69, 9.17) is 32.4 Å². The Balaban J connectivity index is 5.05. The van der Waals surface area contributed by atoms with Crippen molar-refractivity contribution < 1.29 is 21.9 Å². The molecule has 0 heterocycles. The van der Waals surface area contributed by atoms with Gasteiger partial charge in [0.2, 0.25) is 0 Å². The molecule has 0 atom stereocenters. The summed E-state index contributed by atoms with van der Waals surface area (Å²) in [7, 11) is -4.42. The van der Waals surface area contributed by atoms with E-state index in [0.29, 0.717) is 50.5 Å². The average Bonchev–Trinajstić information content (AvgIpc) is 2.72. The number of unbranched alkanes of at least 4 members (excludes halogenated alkanes) is 1. The largest absolute Gasteiger partial charge is 0.400 e. The molecule has 15 heteroatoms. The molecular formula is C22H49N9O5S. The molecule has 0 spiro atoms. The predicted molar refractivity (Wildman–Crippen MR) is 146 cm³/mol. The molecule has 0 amide bonds. The molecule has 0 aliphatic heterocycles. The van der Waals surface area contributed by atoms with Gasteiger partial charge in [0, 0.05) is 67.3 Å².